The van der Waals surface area contributed by atoms with Gasteiger partial charge in [-0.3, -0.25) is 58.8 Å². The van der Waals surface area contributed by atoms with E-state index < -0.39 is 48.3 Å². The Bertz CT molecular complexity index is 6230. The molecule has 9 heterocycles. The number of aliphatic hydroxyl groups excluding tert-OH is 3. The SMILES string of the molecule is CC1CCC(C(=O)CN(C)Cc2ccc(-c3c(C#N)n[nH]c3-c3c[nH]c(C(=O)N[C@H](CO)c4cccc(Cl)c4)c3)cc2Cl)N1.CC1CCC(C(=O)CN(C)Cc2ccc(-c3c(N(C)C)n[nH]c3-c3c[nH]c(C(=O)N[C@H](CO)c4ccc(C(F)(F)F)cc4)c3)cc2Cl)N1.CNCc1[nH]c(C(=O)N[C@H](CO)c2ccccc2)cc1-c1[nH]ncc1-c1ccc(CN(C)CC(=O)C2CCC(C)N2)c(Cl)c1. The van der Waals surface area contributed by atoms with Crippen LogP contribution in [0.5, 0.6) is 0 Å². The molecule has 37 heteroatoms. The van der Waals surface area contributed by atoms with Crippen LogP contribution in [0.4, 0.5) is 19.0 Å². The highest BCUT2D eigenvalue weighted by Crippen LogP contribution is 2.42. The van der Waals surface area contributed by atoms with Gasteiger partial charge < -0.3 is 72.4 Å². The van der Waals surface area contributed by atoms with Gasteiger partial charge in [0.1, 0.15) is 23.2 Å². The molecule has 16 N–H and O–H groups in total. The lowest BCUT2D eigenvalue weighted by Crippen LogP contribution is -2.40. The Balaban J connectivity index is 0.000000173. The summed E-state index contributed by atoms with van der Waals surface area (Å²) in [5, 5.41) is 85.3. The van der Waals surface area contributed by atoms with Gasteiger partial charge in [0.15, 0.2) is 28.9 Å². The number of aliphatic hydroxyl groups is 3. The Morgan fingerprint density at radius 3 is 1.38 bits per heavy atom. The maximum Gasteiger partial charge on any atom is 0.416 e. The standard InChI is InChI=1S/C34H39ClF3N7O3.C33H40ClN7O3.C32H33Cl2N7O3/c1-19-5-12-26(40-19)29(47)17-45(4)16-22-7-6-21(13-25(22)35)30-31(42-43-32(30)44(2)3)23-14-27(39-15-23)33(48)41-28(18-46)20-8-10-24(11-9-20)34(36,37)38;1-20-9-12-27(37-20)31(43)18-41(3)17-23-11-10-22(13-26(23)34)25-15-36-40-32(25)24-14-28(38-29(24)16-35-2)33(44)39-30(19-42)21-7-5-4-6-8-21;1-18-6-9-25(37-18)29(43)16-41(2)15-21-8-7-20(11-24(21)34)30-27(13-35)39-40-31(30)22-12-26(36-14-22)32(44)38-28(17-42)19-4-3-5-23(33)10-19/h6-11,13-15,19,26,28,39-40,46H,5,12,16-18H2,1-4H3,(H,41,48)(H,42,43);4-8,10-11,13-15,20,27,30,35,37-38,42H,9,12,16-19H2,1-3H3,(H,36,40)(H,39,44);3-5,7-8,10-12,14,18,25,28,36-37,42H,6,9,15-17H2,1-2H3,(H,38,44)(H,39,40)/t19?,26?,28-;20?,27?,30-;18?,25?,28-/m111/s1. The van der Waals surface area contributed by atoms with Crippen LogP contribution in [0.15, 0.2) is 170 Å². The minimum absolute atomic E-state index is 0.0717. The van der Waals surface area contributed by atoms with Gasteiger partial charge in [-0.25, -0.2) is 0 Å². The van der Waals surface area contributed by atoms with Gasteiger partial charge in [0.05, 0.1) is 110 Å². The molecule has 12 aromatic rings. The molecule has 0 spiro atoms. The number of ketones is 3. The average molecular weight is 1940 g/mol. The van der Waals surface area contributed by atoms with Crippen molar-refractivity contribution in [1.29, 1.82) is 5.26 Å². The van der Waals surface area contributed by atoms with Gasteiger partial charge in [-0.2, -0.15) is 33.7 Å². The van der Waals surface area contributed by atoms with Crippen molar-refractivity contribution in [3.63, 3.8) is 0 Å². The number of carbonyl (C=O) groups is 6. The number of nitrogens with one attached hydrogen (secondary N) is 13. The molecule has 0 aliphatic carbocycles. The second-order valence-electron chi connectivity index (χ2n) is 35.1. The summed E-state index contributed by atoms with van der Waals surface area (Å²) in [6, 6.07) is 43.6. The highest BCUT2D eigenvalue weighted by molar-refractivity contribution is 6.32. The minimum atomic E-state index is -4.49. The molecule has 6 aromatic heterocycles. The fourth-order valence-corrected chi connectivity index (χ4v) is 18.1. The second-order valence-corrected chi connectivity index (χ2v) is 36.8. The van der Waals surface area contributed by atoms with Crippen LogP contribution in [0.3, 0.4) is 0 Å². The number of nitriles is 1. The number of likely N-dealkylation sites (N-methyl/N-ethyl adjacent to an activating group) is 3. The van der Waals surface area contributed by atoms with Crippen molar-refractivity contribution in [2.75, 3.05) is 86.6 Å². The Morgan fingerprint density at radius 1 is 0.493 bits per heavy atom. The Hall–Kier alpha value is -12.0. The Kier molecular flexibility index (Phi) is 34.5. The van der Waals surface area contributed by atoms with Crippen molar-refractivity contribution in [2.45, 2.75) is 146 Å². The van der Waals surface area contributed by atoms with Crippen LogP contribution >= 0.6 is 46.4 Å². The zero-order chi connectivity index (χ0) is 97.3. The van der Waals surface area contributed by atoms with E-state index in [1.54, 1.807) is 67.1 Å². The van der Waals surface area contributed by atoms with E-state index in [2.05, 4.69) is 110 Å². The predicted molar refractivity (Wildman–Crippen MR) is 520 cm³/mol. The van der Waals surface area contributed by atoms with Gasteiger partial charge >= 0.3 is 6.18 Å². The molecule has 6 unspecified atom stereocenters. The number of alkyl halides is 3. The molecule has 0 radical (unpaired) electrons. The number of rotatable bonds is 36. The van der Waals surface area contributed by atoms with E-state index >= 15 is 0 Å². The Morgan fingerprint density at radius 2 is 0.934 bits per heavy atom. The number of halogens is 7. The van der Waals surface area contributed by atoms with Crippen molar-refractivity contribution < 1.29 is 57.3 Å². The lowest BCUT2D eigenvalue weighted by molar-refractivity contribution is -0.137. The molecule has 716 valence electrons. The first-order valence-electron chi connectivity index (χ1n) is 44.7. The molecule has 0 saturated carbocycles. The maximum absolute atomic E-state index is 13.3. The third-order valence-corrected chi connectivity index (χ3v) is 25.7. The minimum Gasteiger partial charge on any atom is -0.394 e. The van der Waals surface area contributed by atoms with Gasteiger partial charge in [0, 0.05) is 124 Å². The lowest BCUT2D eigenvalue weighted by atomic mass is 9.99. The number of Topliss-reactive ketones (excluding diaryl/α,β-unsaturated/α-hetero) is 3. The van der Waals surface area contributed by atoms with Crippen LogP contribution < -0.4 is 42.1 Å². The zero-order valence-corrected chi connectivity index (χ0v) is 79.7. The molecule has 136 heavy (non-hydrogen) atoms. The summed E-state index contributed by atoms with van der Waals surface area (Å²) < 4.78 is 38.9. The molecule has 3 fully saturated rings. The number of hydrogen-bond acceptors (Lipinski definition) is 21. The van der Waals surface area contributed by atoms with Crippen molar-refractivity contribution in [1.82, 2.24) is 97.5 Å². The van der Waals surface area contributed by atoms with E-state index in [0.29, 0.717) is 140 Å². The highest BCUT2D eigenvalue weighted by Gasteiger charge is 2.35. The van der Waals surface area contributed by atoms with E-state index in [9.17, 15) is 62.5 Å². The summed E-state index contributed by atoms with van der Waals surface area (Å²) in [5.41, 5.74) is 13.8. The molecule has 9 atom stereocenters. The fraction of sp³-hybridized carbons (Fsp3) is 0.354. The van der Waals surface area contributed by atoms with Gasteiger partial charge in [-0.1, -0.05) is 137 Å². The van der Waals surface area contributed by atoms with Crippen LogP contribution in [-0.4, -0.2) is 229 Å². The van der Waals surface area contributed by atoms with Gasteiger partial charge in [-0.05, 0) is 198 Å². The summed E-state index contributed by atoms with van der Waals surface area (Å²) in [6.45, 7) is 8.23. The zero-order valence-electron chi connectivity index (χ0n) is 76.7. The second kappa shape index (κ2) is 46.3. The van der Waals surface area contributed by atoms with Crippen molar-refractivity contribution in [3.8, 4) is 73.2 Å². The number of amides is 3. The van der Waals surface area contributed by atoms with Crippen LogP contribution in [-0.2, 0) is 46.7 Å². The molecule has 3 aliphatic rings. The highest BCUT2D eigenvalue weighted by atomic mass is 35.5. The average Bonchev–Trinajstić information content (AvgIpc) is 1.63. The molecular weight excluding hydrogens is 1830 g/mol. The van der Waals surface area contributed by atoms with Crippen molar-refractivity contribution in [2.24, 2.45) is 0 Å². The predicted octanol–water partition coefficient (Wildman–Crippen LogP) is 14.3. The number of benzene rings is 6. The molecule has 15 rings (SSSR count). The van der Waals surface area contributed by atoms with Crippen LogP contribution in [0.25, 0.3) is 67.2 Å². The van der Waals surface area contributed by atoms with Crippen molar-refractivity contribution >= 4 is 87.3 Å². The van der Waals surface area contributed by atoms with E-state index in [0.717, 1.165) is 112 Å². The number of H-pyrrole nitrogens is 6. The van der Waals surface area contributed by atoms with E-state index in [4.69, 9.17) is 46.4 Å². The monoisotopic (exact) mass is 1940 g/mol. The van der Waals surface area contributed by atoms with Crippen LogP contribution in [0.2, 0.25) is 20.1 Å². The topological polar surface area (TPSA) is 417 Å². The summed E-state index contributed by atoms with van der Waals surface area (Å²) in [4.78, 5) is 94.5. The number of carbonyl (C=O) groups excluding carboxylic acids is 6. The molecule has 3 amide bonds. The number of nitrogens with zero attached hydrogens (tertiary/aromatic N) is 8. The first-order chi connectivity index (χ1) is 65.2. The molecule has 6 aromatic carbocycles. The molecule has 0 bridgehead atoms. The fourth-order valence-electron chi connectivity index (χ4n) is 17.2. The quantitative estimate of drug-likeness (QED) is 0.0173. The third-order valence-electron chi connectivity index (χ3n) is 24.4. The van der Waals surface area contributed by atoms with E-state index in [1.165, 1.54) is 12.1 Å². The first kappa shape index (κ1) is 101. The Labute approximate surface area is 806 Å². The van der Waals surface area contributed by atoms with Crippen molar-refractivity contribution in [3.05, 3.63) is 258 Å². The largest absolute Gasteiger partial charge is 0.416 e. The van der Waals surface area contributed by atoms with Gasteiger partial charge in [-0.15, -0.1) is 0 Å². The molecular formula is C99H112Cl4F3N21O9. The lowest BCUT2D eigenvalue weighted by Gasteiger charge is -2.20. The number of anilines is 1. The smallest absolute Gasteiger partial charge is 0.394 e. The number of hydrogen-bond donors (Lipinski definition) is 16. The van der Waals surface area contributed by atoms with Crippen LogP contribution in [0.1, 0.15) is 159 Å². The first-order valence-corrected chi connectivity index (χ1v) is 46.2. The summed E-state index contributed by atoms with van der Waals surface area (Å²) in [6.07, 6.45) is 6.14. The summed E-state index contributed by atoms with van der Waals surface area (Å²) in [5.74, 6) is -0.124. The third kappa shape index (κ3) is 25.5. The molecule has 30 nitrogen and oxygen atoms in total. The molecule has 3 aliphatic heterocycles. The van der Waals surface area contributed by atoms with E-state index in [1.807, 2.05) is 141 Å². The molecule has 3 saturated heterocycles. The normalized spacial score (nSPS) is 17.1. The van der Waals surface area contributed by atoms with Gasteiger partial charge in [0.25, 0.3) is 17.7 Å². The van der Waals surface area contributed by atoms with Gasteiger partial charge in [0.2, 0.25) is 0 Å². The number of aromatic nitrogens is 9. The summed E-state index contributed by atoms with van der Waals surface area (Å²) >= 11 is 26.3. The van der Waals surface area contributed by atoms with E-state index in [-0.39, 0.29) is 71.7 Å². The van der Waals surface area contributed by atoms with Crippen LogP contribution in [0, 0.1) is 11.3 Å². The maximum atomic E-state index is 13.3. The summed E-state index contributed by atoms with van der Waals surface area (Å²) in [7, 11) is 11.3. The number of aromatic amines is 6.